The Morgan fingerprint density at radius 2 is 2.31 bits per heavy atom. The first-order valence-electron chi connectivity index (χ1n) is 4.44. The van der Waals surface area contributed by atoms with Gasteiger partial charge in [0.2, 0.25) is 0 Å². The molecule has 0 atom stereocenters. The van der Waals surface area contributed by atoms with Crippen LogP contribution in [-0.2, 0) is 4.57 Å². The normalized spacial score (nSPS) is 9.88. The average molecular weight is 253 g/mol. The van der Waals surface area contributed by atoms with Crippen molar-refractivity contribution in [3.8, 4) is 16.8 Å². The molecule has 1 aromatic heterocycles. The molecule has 0 fully saturated rings. The molecule has 0 N–H and O–H groups in total. The number of nitrogens with zero attached hydrogens (tertiary/aromatic N) is 1. The van der Waals surface area contributed by atoms with E-state index in [1.807, 2.05) is 13.0 Å². The molecule has 0 saturated carbocycles. The van der Waals surface area contributed by atoms with Crippen molar-refractivity contribution >= 4 is 29.5 Å². The summed E-state index contributed by atoms with van der Waals surface area (Å²) in [7, 11) is 1.28. The monoisotopic (exact) mass is 253 g/mol. The van der Waals surface area contributed by atoms with Crippen LogP contribution in [0.15, 0.2) is 12.1 Å². The average Bonchev–Trinajstić information content (AvgIpc) is 2.73. The number of aryl methyl sites for hydroxylation is 1. The Kier molecular flexibility index (Phi) is 3.30. The Morgan fingerprint density at radius 3 is 3.00 bits per heavy atom. The molecule has 2 aromatic rings. The fraction of sp³-hybridized carbons (Fsp3) is 0.200. The molecule has 0 saturated heterocycles. The zero-order valence-corrected chi connectivity index (χ0v) is 10.4. The van der Waals surface area contributed by atoms with Gasteiger partial charge in [0.25, 0.3) is 0 Å². The van der Waals surface area contributed by atoms with Gasteiger partial charge < -0.3 is 0 Å². The summed E-state index contributed by atoms with van der Waals surface area (Å²) < 4.78 is 21.4. The number of fused-ring (bicyclic) bond motifs is 1. The number of ether oxygens (including phenoxy) is 2. The number of hydrogen-bond donors (Lipinski definition) is 0. The Hall–Kier alpha value is -1.28. The van der Waals surface area contributed by atoms with Gasteiger partial charge in [-0.2, -0.15) is 0 Å². The first-order chi connectivity index (χ1) is 7.76. The summed E-state index contributed by atoms with van der Waals surface area (Å²) in [6.45, 7) is 1.99. The van der Waals surface area contributed by atoms with Crippen LogP contribution >= 0.6 is 19.3 Å². The van der Waals surface area contributed by atoms with Crippen molar-refractivity contribution in [3.05, 3.63) is 17.7 Å². The van der Waals surface area contributed by atoms with E-state index in [0.29, 0.717) is 16.5 Å². The molecule has 0 unspecified atom stereocenters. The third kappa shape index (κ3) is 1.98. The number of thiazole rings is 1. The van der Waals surface area contributed by atoms with Gasteiger partial charge in [0.1, 0.15) is 0 Å². The molecule has 1 aromatic carbocycles. The Labute approximate surface area is 97.3 Å². The zero-order valence-electron chi connectivity index (χ0n) is 8.68. The van der Waals surface area contributed by atoms with Crippen LogP contribution in [0.5, 0.6) is 10.9 Å². The summed E-state index contributed by atoms with van der Waals surface area (Å²) in [4.78, 5) is 4.27. The molecule has 4 nitrogen and oxygen atoms in total. The number of benzene rings is 1. The van der Waals surface area contributed by atoms with E-state index < -0.39 is 0 Å². The SMILES string of the molecule is COc1nc2c(OC#P=O)ccc(C)c2s1. The van der Waals surface area contributed by atoms with E-state index >= 15 is 0 Å². The van der Waals surface area contributed by atoms with E-state index in [2.05, 4.69) is 10.8 Å². The van der Waals surface area contributed by atoms with Crippen molar-refractivity contribution in [3.63, 3.8) is 0 Å². The second kappa shape index (κ2) is 4.71. The van der Waals surface area contributed by atoms with Crippen molar-refractivity contribution in [1.82, 2.24) is 4.98 Å². The summed E-state index contributed by atoms with van der Waals surface area (Å²) in [5, 5.41) is 0.578. The second-order valence-corrected chi connectivity index (χ2v) is 4.35. The number of aromatic nitrogens is 1. The van der Waals surface area contributed by atoms with E-state index in [0.717, 1.165) is 10.3 Å². The molecule has 0 amide bonds. The minimum absolute atomic E-state index is 0.288. The van der Waals surface area contributed by atoms with Crippen LogP contribution in [0.3, 0.4) is 0 Å². The number of methoxy groups -OCH3 is 1. The molecule has 0 aliphatic rings. The van der Waals surface area contributed by atoms with Crippen molar-refractivity contribution in [1.29, 1.82) is 0 Å². The van der Waals surface area contributed by atoms with Gasteiger partial charge in [-0.05, 0) is 0 Å². The standard InChI is InChI=1S/C10H8NO3PS/c1-6-3-4-7(14-5-15-12)8-9(6)16-10(11-8)13-2/h3-4H,1-2H3. The Morgan fingerprint density at radius 1 is 1.50 bits per heavy atom. The molecule has 82 valence electrons. The summed E-state index contributed by atoms with van der Waals surface area (Å²) in [5.41, 5.74) is 1.81. The van der Waals surface area contributed by atoms with Crippen molar-refractivity contribution in [2.45, 2.75) is 6.92 Å². The van der Waals surface area contributed by atoms with Gasteiger partial charge in [-0.3, -0.25) is 0 Å². The first kappa shape index (κ1) is 11.2. The summed E-state index contributed by atoms with van der Waals surface area (Å²) >= 11 is 1.45. The van der Waals surface area contributed by atoms with Crippen LogP contribution in [0.2, 0.25) is 0 Å². The molecule has 0 aliphatic heterocycles. The van der Waals surface area contributed by atoms with Crippen LogP contribution < -0.4 is 9.47 Å². The predicted octanol–water partition coefficient (Wildman–Crippen LogP) is 3.20. The molecule has 0 aliphatic carbocycles. The molecular weight excluding hydrogens is 245 g/mol. The third-order valence-corrected chi connectivity index (χ3v) is 3.37. The molecule has 6 heteroatoms. The molecule has 2 rings (SSSR count). The maximum absolute atomic E-state index is 10.3. The van der Waals surface area contributed by atoms with Crippen molar-refractivity contribution < 1.29 is 14.0 Å². The molecular formula is C10H8NO3PS. The first-order valence-corrected chi connectivity index (χ1v) is 6.07. The Bertz CT molecular complexity index is 632. The van der Waals surface area contributed by atoms with Gasteiger partial charge in [0.15, 0.2) is 0 Å². The second-order valence-electron chi connectivity index (χ2n) is 3.03. The van der Waals surface area contributed by atoms with Crippen molar-refractivity contribution in [2.75, 3.05) is 7.11 Å². The van der Waals surface area contributed by atoms with Crippen LogP contribution in [0, 0.1) is 12.7 Å². The van der Waals surface area contributed by atoms with E-state index in [9.17, 15) is 4.57 Å². The third-order valence-electron chi connectivity index (χ3n) is 2.05. The Balaban J connectivity index is 2.64. The number of rotatable bonds is 2. The quantitative estimate of drug-likeness (QED) is 0.771. The molecule has 0 bridgehead atoms. The summed E-state index contributed by atoms with van der Waals surface area (Å²) in [6.07, 6.45) is 0. The minimum atomic E-state index is -0.288. The molecule has 0 radical (unpaired) electrons. The van der Waals surface area contributed by atoms with E-state index in [1.165, 1.54) is 11.3 Å². The van der Waals surface area contributed by atoms with E-state index in [4.69, 9.17) is 9.47 Å². The zero-order chi connectivity index (χ0) is 11.5. The van der Waals surface area contributed by atoms with Crippen LogP contribution in [0.25, 0.3) is 10.2 Å². The van der Waals surface area contributed by atoms with Gasteiger partial charge in [-0.15, -0.1) is 0 Å². The number of hydrogen-bond acceptors (Lipinski definition) is 5. The fourth-order valence-electron chi connectivity index (χ4n) is 1.33. The van der Waals surface area contributed by atoms with Gasteiger partial charge in [0, 0.05) is 0 Å². The van der Waals surface area contributed by atoms with Crippen molar-refractivity contribution in [2.24, 2.45) is 0 Å². The van der Waals surface area contributed by atoms with E-state index in [-0.39, 0.29) is 7.92 Å². The predicted molar refractivity (Wildman–Crippen MR) is 63.0 cm³/mol. The van der Waals surface area contributed by atoms with Gasteiger partial charge >= 0.3 is 97.0 Å². The van der Waals surface area contributed by atoms with E-state index in [1.54, 1.807) is 13.2 Å². The molecule has 16 heavy (non-hydrogen) atoms. The summed E-state index contributed by atoms with van der Waals surface area (Å²) in [5.74, 6) is 2.77. The van der Waals surface area contributed by atoms with Crippen LogP contribution in [0.4, 0.5) is 0 Å². The van der Waals surface area contributed by atoms with Crippen LogP contribution in [0.1, 0.15) is 5.56 Å². The van der Waals surface area contributed by atoms with Gasteiger partial charge in [-0.1, -0.05) is 0 Å². The summed E-state index contributed by atoms with van der Waals surface area (Å²) in [6, 6.07) is 3.69. The topological polar surface area (TPSA) is 48.4 Å². The maximum atomic E-state index is 10.3. The fourth-order valence-corrected chi connectivity index (χ4v) is 2.33. The molecule has 0 spiro atoms. The molecule has 1 heterocycles. The van der Waals surface area contributed by atoms with Gasteiger partial charge in [-0.25, -0.2) is 0 Å². The van der Waals surface area contributed by atoms with Gasteiger partial charge in [0.05, 0.1) is 0 Å². The van der Waals surface area contributed by atoms with Crippen LogP contribution in [-0.4, -0.2) is 12.1 Å².